The van der Waals surface area contributed by atoms with Crippen LogP contribution in [0.3, 0.4) is 0 Å². The van der Waals surface area contributed by atoms with Gasteiger partial charge in [-0.3, -0.25) is 4.79 Å². The van der Waals surface area contributed by atoms with E-state index in [-0.39, 0.29) is 24.7 Å². The molecule has 1 aliphatic rings. The number of nitrogens with zero attached hydrogens (tertiary/aromatic N) is 1. The van der Waals surface area contributed by atoms with E-state index in [0.29, 0.717) is 0 Å². The number of rotatable bonds is 5. The third kappa shape index (κ3) is 3.74. The third-order valence-electron chi connectivity index (χ3n) is 4.56. The van der Waals surface area contributed by atoms with Gasteiger partial charge in [0, 0.05) is 12.4 Å². The highest BCUT2D eigenvalue weighted by molar-refractivity contribution is 5.79. The highest BCUT2D eigenvalue weighted by Gasteiger charge is 2.22. The largest absolute Gasteiger partial charge is 0.459 e. The predicted octanol–water partition coefficient (Wildman–Crippen LogP) is 2.72. The van der Waals surface area contributed by atoms with Gasteiger partial charge in [0.15, 0.2) is 0 Å². The van der Waals surface area contributed by atoms with Crippen LogP contribution in [0.2, 0.25) is 0 Å². The molecule has 1 atom stereocenters. The van der Waals surface area contributed by atoms with Gasteiger partial charge in [0.25, 0.3) is 0 Å². The molecule has 1 aromatic carbocycles. The van der Waals surface area contributed by atoms with Crippen molar-refractivity contribution in [2.75, 3.05) is 26.7 Å². The van der Waals surface area contributed by atoms with Crippen LogP contribution < -0.4 is 5.32 Å². The van der Waals surface area contributed by atoms with Gasteiger partial charge in [-0.05, 0) is 45.0 Å². The normalized spacial score (nSPS) is 17.3. The molecule has 1 aliphatic heterocycles. The number of benzene rings is 1. The predicted molar refractivity (Wildman–Crippen MR) is 89.2 cm³/mol. The zero-order chi connectivity index (χ0) is 16.2. The van der Waals surface area contributed by atoms with E-state index in [4.69, 9.17) is 9.15 Å². The van der Waals surface area contributed by atoms with Gasteiger partial charge in [0.2, 0.25) is 5.91 Å². The zero-order valence-electron chi connectivity index (χ0n) is 13.7. The highest BCUT2D eigenvalue weighted by Crippen LogP contribution is 2.26. The number of likely N-dealkylation sites (N-methyl/N-ethyl adjacent to an activating group) is 1. The third-order valence-corrected chi connectivity index (χ3v) is 4.56. The first-order valence-electron chi connectivity index (χ1n) is 8.21. The summed E-state index contributed by atoms with van der Waals surface area (Å²) < 4.78 is 11.6. The minimum Gasteiger partial charge on any atom is -0.459 e. The lowest BCUT2D eigenvalue weighted by molar-refractivity contribution is -0.139. The summed E-state index contributed by atoms with van der Waals surface area (Å²) in [5.41, 5.74) is 0.848. The number of para-hydroxylation sites is 1. The molecule has 1 fully saturated rings. The van der Waals surface area contributed by atoms with Crippen molar-refractivity contribution < 1.29 is 13.9 Å². The average Bonchev–Trinajstić information content (AvgIpc) is 3.03. The number of piperidine rings is 1. The van der Waals surface area contributed by atoms with Crippen molar-refractivity contribution in [3.63, 3.8) is 0 Å². The summed E-state index contributed by atoms with van der Waals surface area (Å²) >= 11 is 0. The molecule has 0 spiro atoms. The molecule has 124 valence electrons. The van der Waals surface area contributed by atoms with E-state index in [0.717, 1.165) is 42.7 Å². The summed E-state index contributed by atoms with van der Waals surface area (Å²) in [4.78, 5) is 14.1. The second kappa shape index (κ2) is 7.15. The molecule has 23 heavy (non-hydrogen) atoms. The monoisotopic (exact) mass is 316 g/mol. The minimum absolute atomic E-state index is 0.0171. The highest BCUT2D eigenvalue weighted by atomic mass is 16.5. The van der Waals surface area contributed by atoms with Crippen molar-refractivity contribution in [2.24, 2.45) is 0 Å². The fraction of sp³-hybridized carbons (Fsp3) is 0.500. The van der Waals surface area contributed by atoms with E-state index < -0.39 is 0 Å². The molecular formula is C18H24N2O3. The van der Waals surface area contributed by atoms with Crippen molar-refractivity contribution in [1.29, 1.82) is 0 Å². The number of furan rings is 1. The van der Waals surface area contributed by atoms with Crippen LogP contribution in [0.4, 0.5) is 0 Å². The smallest absolute Gasteiger partial charge is 0.248 e. The first kappa shape index (κ1) is 16.0. The lowest BCUT2D eigenvalue weighted by Gasteiger charge is -2.26. The second-order valence-electron chi connectivity index (χ2n) is 6.13. The molecule has 2 heterocycles. The molecule has 2 aromatic rings. The number of fused-ring (bicyclic) bond motifs is 1. The standard InChI is InChI=1S/C18H24N2O3/c1-13(17-11-14-5-3-4-6-16(14)23-17)20(2)18(21)12-22-15-7-9-19-10-8-15/h3-6,11,13,15,19H,7-10,12H2,1-2H3. The second-order valence-corrected chi connectivity index (χ2v) is 6.13. The first-order chi connectivity index (χ1) is 11.1. The van der Waals surface area contributed by atoms with E-state index in [1.807, 2.05) is 37.3 Å². The molecule has 1 N–H and O–H groups in total. The van der Waals surface area contributed by atoms with Gasteiger partial charge < -0.3 is 19.4 Å². The van der Waals surface area contributed by atoms with E-state index in [2.05, 4.69) is 5.32 Å². The van der Waals surface area contributed by atoms with Gasteiger partial charge in [0.1, 0.15) is 18.0 Å². The number of ether oxygens (including phenoxy) is 1. The molecule has 5 nitrogen and oxygen atoms in total. The Balaban J connectivity index is 1.59. The molecule has 0 aliphatic carbocycles. The number of hydrogen-bond donors (Lipinski definition) is 1. The number of carbonyl (C=O) groups excluding carboxylic acids is 1. The van der Waals surface area contributed by atoms with Gasteiger partial charge in [-0.25, -0.2) is 0 Å². The van der Waals surface area contributed by atoms with Gasteiger partial charge in [-0.1, -0.05) is 18.2 Å². The van der Waals surface area contributed by atoms with Gasteiger partial charge in [-0.2, -0.15) is 0 Å². The maximum absolute atomic E-state index is 12.4. The van der Waals surface area contributed by atoms with Gasteiger partial charge in [-0.15, -0.1) is 0 Å². The van der Waals surface area contributed by atoms with Crippen molar-refractivity contribution in [3.8, 4) is 0 Å². The Morgan fingerprint density at radius 2 is 2.13 bits per heavy atom. The Morgan fingerprint density at radius 1 is 1.39 bits per heavy atom. The number of carbonyl (C=O) groups is 1. The van der Waals surface area contributed by atoms with Crippen molar-refractivity contribution in [1.82, 2.24) is 10.2 Å². The molecule has 5 heteroatoms. The van der Waals surface area contributed by atoms with Crippen LogP contribution in [0.25, 0.3) is 11.0 Å². The molecule has 1 unspecified atom stereocenters. The Hall–Kier alpha value is -1.85. The van der Waals surface area contributed by atoms with Crippen LogP contribution >= 0.6 is 0 Å². The first-order valence-corrected chi connectivity index (χ1v) is 8.21. The molecule has 1 amide bonds. The van der Waals surface area contributed by atoms with E-state index in [1.165, 1.54) is 0 Å². The Labute approximate surface area is 136 Å². The summed E-state index contributed by atoms with van der Waals surface area (Å²) in [6, 6.07) is 9.75. The van der Waals surface area contributed by atoms with Crippen LogP contribution in [0.5, 0.6) is 0 Å². The van der Waals surface area contributed by atoms with Crippen molar-refractivity contribution >= 4 is 16.9 Å². The van der Waals surface area contributed by atoms with Crippen LogP contribution in [0.15, 0.2) is 34.7 Å². The topological polar surface area (TPSA) is 54.7 Å². The summed E-state index contributed by atoms with van der Waals surface area (Å²) in [5.74, 6) is 0.778. The lowest BCUT2D eigenvalue weighted by atomic mass is 10.1. The molecule has 3 rings (SSSR count). The van der Waals surface area contributed by atoms with Crippen molar-refractivity contribution in [2.45, 2.75) is 31.9 Å². The van der Waals surface area contributed by atoms with E-state index in [9.17, 15) is 4.79 Å². The number of hydrogen-bond acceptors (Lipinski definition) is 4. The van der Waals surface area contributed by atoms with Crippen LogP contribution in [0.1, 0.15) is 31.6 Å². The molecule has 0 radical (unpaired) electrons. The van der Waals surface area contributed by atoms with Crippen molar-refractivity contribution in [3.05, 3.63) is 36.1 Å². The molecule has 0 saturated carbocycles. The lowest BCUT2D eigenvalue weighted by Crippen LogP contribution is -2.37. The molecule has 1 saturated heterocycles. The fourth-order valence-corrected chi connectivity index (χ4v) is 2.87. The summed E-state index contributed by atoms with van der Waals surface area (Å²) in [6.07, 6.45) is 2.13. The van der Waals surface area contributed by atoms with Gasteiger partial charge in [0.05, 0.1) is 12.1 Å². The van der Waals surface area contributed by atoms with E-state index >= 15 is 0 Å². The SMILES string of the molecule is CC(c1cc2ccccc2o1)N(C)C(=O)COC1CCNCC1. The number of amides is 1. The minimum atomic E-state index is -0.119. The summed E-state index contributed by atoms with van der Waals surface area (Å²) in [5, 5.41) is 4.35. The van der Waals surface area contributed by atoms with Crippen LogP contribution in [-0.4, -0.2) is 43.7 Å². The Bertz CT molecular complexity index is 628. The van der Waals surface area contributed by atoms with Crippen LogP contribution in [0, 0.1) is 0 Å². The molecular weight excluding hydrogens is 292 g/mol. The zero-order valence-corrected chi connectivity index (χ0v) is 13.7. The molecule has 0 bridgehead atoms. The van der Waals surface area contributed by atoms with Crippen LogP contribution in [-0.2, 0) is 9.53 Å². The van der Waals surface area contributed by atoms with Gasteiger partial charge >= 0.3 is 0 Å². The quantitative estimate of drug-likeness (QED) is 0.921. The maximum atomic E-state index is 12.4. The molecule has 1 aromatic heterocycles. The fourth-order valence-electron chi connectivity index (χ4n) is 2.87. The number of nitrogens with one attached hydrogen (secondary N) is 1. The summed E-state index contributed by atoms with van der Waals surface area (Å²) in [6.45, 7) is 4.03. The Morgan fingerprint density at radius 3 is 2.87 bits per heavy atom. The maximum Gasteiger partial charge on any atom is 0.248 e. The van der Waals surface area contributed by atoms with E-state index in [1.54, 1.807) is 11.9 Å². The average molecular weight is 316 g/mol. The summed E-state index contributed by atoms with van der Waals surface area (Å²) in [7, 11) is 1.80. The Kier molecular flexibility index (Phi) is 4.98.